The maximum absolute atomic E-state index is 12.4. The van der Waals surface area contributed by atoms with Gasteiger partial charge in [-0.1, -0.05) is 30.3 Å². The minimum Gasteiger partial charge on any atom is -0.467 e. The number of esters is 1. The molecule has 2 rings (SSSR count). The summed E-state index contributed by atoms with van der Waals surface area (Å²) in [5, 5.41) is 0. The summed E-state index contributed by atoms with van der Waals surface area (Å²) in [7, 11) is 1.34. The summed E-state index contributed by atoms with van der Waals surface area (Å²) in [4.78, 5) is 26.1. The number of hydrogen-bond donors (Lipinski definition) is 0. The molecule has 2 unspecified atom stereocenters. The molecule has 5 nitrogen and oxygen atoms in total. The van der Waals surface area contributed by atoms with Gasteiger partial charge in [-0.05, 0) is 32.8 Å². The number of nitrogens with zero attached hydrogens (tertiary/aromatic N) is 1. The lowest BCUT2D eigenvalue weighted by Gasteiger charge is -2.29. The molecular formula is C17H23NO4. The number of rotatable bonds is 2. The summed E-state index contributed by atoms with van der Waals surface area (Å²) in [5.41, 5.74) is 0.437. The number of hydrogen-bond acceptors (Lipinski definition) is 4. The molecule has 0 spiro atoms. The van der Waals surface area contributed by atoms with Gasteiger partial charge in [-0.25, -0.2) is 9.59 Å². The normalized spacial score (nSPS) is 21.5. The van der Waals surface area contributed by atoms with E-state index in [0.29, 0.717) is 13.0 Å². The van der Waals surface area contributed by atoms with E-state index in [1.807, 2.05) is 51.1 Å². The van der Waals surface area contributed by atoms with Crippen LogP contribution in [0.1, 0.15) is 38.7 Å². The summed E-state index contributed by atoms with van der Waals surface area (Å²) < 4.78 is 10.3. The predicted molar refractivity (Wildman–Crippen MR) is 82.5 cm³/mol. The first kappa shape index (κ1) is 16.3. The fourth-order valence-electron chi connectivity index (χ4n) is 2.78. The van der Waals surface area contributed by atoms with Gasteiger partial charge < -0.3 is 9.47 Å². The fourth-order valence-corrected chi connectivity index (χ4v) is 2.78. The van der Waals surface area contributed by atoms with E-state index in [2.05, 4.69) is 0 Å². The Labute approximate surface area is 131 Å². The smallest absolute Gasteiger partial charge is 0.411 e. The Balaban J connectivity index is 2.25. The highest BCUT2D eigenvalue weighted by molar-refractivity contribution is 5.83. The Morgan fingerprint density at radius 2 is 1.82 bits per heavy atom. The molecule has 22 heavy (non-hydrogen) atoms. The number of likely N-dealkylation sites (tertiary alicyclic amines) is 1. The van der Waals surface area contributed by atoms with E-state index in [1.165, 1.54) is 12.0 Å². The molecule has 1 aromatic carbocycles. The number of ether oxygens (including phenoxy) is 2. The van der Waals surface area contributed by atoms with Crippen LogP contribution in [0.15, 0.2) is 30.3 Å². The van der Waals surface area contributed by atoms with Crippen LogP contribution in [0.4, 0.5) is 4.79 Å². The zero-order chi connectivity index (χ0) is 16.3. The molecule has 1 amide bonds. The molecule has 1 fully saturated rings. The highest BCUT2D eigenvalue weighted by Gasteiger charge is 2.44. The van der Waals surface area contributed by atoms with Gasteiger partial charge in [-0.3, -0.25) is 4.90 Å². The molecule has 0 aromatic heterocycles. The van der Waals surface area contributed by atoms with Crippen LogP contribution < -0.4 is 0 Å². The van der Waals surface area contributed by atoms with Crippen molar-refractivity contribution in [3.63, 3.8) is 0 Å². The van der Waals surface area contributed by atoms with Crippen molar-refractivity contribution in [3.05, 3.63) is 35.9 Å². The number of carbonyl (C=O) groups is 2. The summed E-state index contributed by atoms with van der Waals surface area (Å²) in [6.45, 7) is 5.91. The van der Waals surface area contributed by atoms with E-state index in [4.69, 9.17) is 9.47 Å². The van der Waals surface area contributed by atoms with Crippen LogP contribution in [0, 0.1) is 0 Å². The van der Waals surface area contributed by atoms with Crippen molar-refractivity contribution in [1.82, 2.24) is 4.90 Å². The Morgan fingerprint density at radius 3 is 2.36 bits per heavy atom. The number of methoxy groups -OCH3 is 1. The zero-order valence-electron chi connectivity index (χ0n) is 13.5. The van der Waals surface area contributed by atoms with E-state index in [-0.39, 0.29) is 5.92 Å². The Bertz CT molecular complexity index is 535. The topological polar surface area (TPSA) is 55.8 Å². The van der Waals surface area contributed by atoms with Gasteiger partial charge in [-0.2, -0.15) is 0 Å². The SMILES string of the molecule is COC(=O)C1C(c2ccccc2)CCN1C(=O)OC(C)(C)C. The predicted octanol–water partition coefficient (Wildman–Crippen LogP) is 2.95. The molecular weight excluding hydrogens is 282 g/mol. The molecule has 1 saturated heterocycles. The van der Waals surface area contributed by atoms with Gasteiger partial charge in [0.25, 0.3) is 0 Å². The fraction of sp³-hybridized carbons (Fsp3) is 0.529. The van der Waals surface area contributed by atoms with Crippen LogP contribution in [-0.2, 0) is 14.3 Å². The molecule has 0 N–H and O–H groups in total. The van der Waals surface area contributed by atoms with Crippen LogP contribution in [0.3, 0.4) is 0 Å². The summed E-state index contributed by atoms with van der Waals surface area (Å²) >= 11 is 0. The van der Waals surface area contributed by atoms with E-state index in [9.17, 15) is 9.59 Å². The molecule has 1 aliphatic heterocycles. The van der Waals surface area contributed by atoms with Crippen molar-refractivity contribution in [2.75, 3.05) is 13.7 Å². The Hall–Kier alpha value is -2.04. The highest BCUT2D eigenvalue weighted by atomic mass is 16.6. The van der Waals surface area contributed by atoms with Crippen molar-refractivity contribution in [3.8, 4) is 0 Å². The van der Waals surface area contributed by atoms with Gasteiger partial charge in [-0.15, -0.1) is 0 Å². The molecule has 1 heterocycles. The van der Waals surface area contributed by atoms with E-state index in [0.717, 1.165) is 5.56 Å². The van der Waals surface area contributed by atoms with Crippen molar-refractivity contribution >= 4 is 12.1 Å². The molecule has 0 radical (unpaired) electrons. The average Bonchev–Trinajstić information content (AvgIpc) is 2.90. The van der Waals surface area contributed by atoms with Crippen molar-refractivity contribution in [1.29, 1.82) is 0 Å². The molecule has 0 saturated carbocycles. The summed E-state index contributed by atoms with van der Waals surface area (Å²) in [5.74, 6) is -0.474. The summed E-state index contributed by atoms with van der Waals surface area (Å²) in [6, 6.07) is 9.09. The van der Waals surface area contributed by atoms with Crippen molar-refractivity contribution < 1.29 is 19.1 Å². The van der Waals surface area contributed by atoms with Crippen molar-refractivity contribution in [2.45, 2.75) is 44.8 Å². The minimum absolute atomic E-state index is 0.0684. The van der Waals surface area contributed by atoms with Crippen LogP contribution in [0.2, 0.25) is 0 Å². The first-order valence-electron chi connectivity index (χ1n) is 7.46. The zero-order valence-corrected chi connectivity index (χ0v) is 13.5. The maximum Gasteiger partial charge on any atom is 0.411 e. The molecule has 5 heteroatoms. The minimum atomic E-state index is -0.637. The van der Waals surface area contributed by atoms with Gasteiger partial charge >= 0.3 is 12.1 Å². The number of benzene rings is 1. The lowest BCUT2D eigenvalue weighted by atomic mass is 9.92. The van der Waals surface area contributed by atoms with E-state index in [1.54, 1.807) is 0 Å². The largest absolute Gasteiger partial charge is 0.467 e. The third-order valence-corrected chi connectivity index (χ3v) is 3.70. The monoisotopic (exact) mass is 305 g/mol. The number of carbonyl (C=O) groups excluding carboxylic acids is 2. The van der Waals surface area contributed by atoms with Gasteiger partial charge in [0.2, 0.25) is 0 Å². The van der Waals surface area contributed by atoms with Crippen LogP contribution >= 0.6 is 0 Å². The molecule has 120 valence electrons. The molecule has 0 aliphatic carbocycles. The third kappa shape index (κ3) is 3.59. The van der Waals surface area contributed by atoms with E-state index >= 15 is 0 Å². The lowest BCUT2D eigenvalue weighted by Crippen LogP contribution is -2.45. The molecule has 1 aliphatic rings. The lowest BCUT2D eigenvalue weighted by molar-refractivity contribution is -0.146. The van der Waals surface area contributed by atoms with Crippen molar-refractivity contribution in [2.24, 2.45) is 0 Å². The second-order valence-electron chi connectivity index (χ2n) is 6.45. The van der Waals surface area contributed by atoms with Crippen LogP contribution in [0.25, 0.3) is 0 Å². The van der Waals surface area contributed by atoms with E-state index < -0.39 is 23.7 Å². The second-order valence-corrected chi connectivity index (χ2v) is 6.45. The Kier molecular flexibility index (Phi) is 4.74. The molecule has 1 aromatic rings. The maximum atomic E-state index is 12.4. The van der Waals surface area contributed by atoms with Crippen LogP contribution in [0.5, 0.6) is 0 Å². The van der Waals surface area contributed by atoms with Gasteiger partial charge in [0.1, 0.15) is 11.6 Å². The van der Waals surface area contributed by atoms with Gasteiger partial charge in [0.05, 0.1) is 7.11 Å². The quantitative estimate of drug-likeness (QED) is 0.788. The van der Waals surface area contributed by atoms with Gasteiger partial charge in [0, 0.05) is 12.5 Å². The number of amides is 1. The summed E-state index contributed by atoms with van der Waals surface area (Å²) in [6.07, 6.45) is 0.240. The third-order valence-electron chi connectivity index (χ3n) is 3.70. The first-order valence-corrected chi connectivity index (χ1v) is 7.46. The first-order chi connectivity index (χ1) is 10.3. The van der Waals surface area contributed by atoms with Gasteiger partial charge in [0.15, 0.2) is 0 Å². The van der Waals surface area contributed by atoms with Crippen LogP contribution in [-0.4, -0.2) is 42.3 Å². The standard InChI is InChI=1S/C17H23NO4/c1-17(2,3)22-16(20)18-11-10-13(14(18)15(19)21-4)12-8-6-5-7-9-12/h5-9,13-14H,10-11H2,1-4H3. The molecule has 0 bridgehead atoms. The second kappa shape index (κ2) is 6.38. The Morgan fingerprint density at radius 1 is 1.18 bits per heavy atom. The molecule has 2 atom stereocenters. The highest BCUT2D eigenvalue weighted by Crippen LogP contribution is 2.35. The average molecular weight is 305 g/mol.